The van der Waals surface area contributed by atoms with Crippen LogP contribution in [0.2, 0.25) is 0 Å². The molecule has 2 aliphatic heterocycles. The smallest absolute Gasteiger partial charge is 0.237 e. The Balaban J connectivity index is 1.67. The molecule has 2 aliphatic rings. The fraction of sp³-hybridized carbons (Fsp3) is 0.190. The molecular weight excluding hydrogens is 342 g/mol. The van der Waals surface area contributed by atoms with E-state index in [1.807, 2.05) is 73.1 Å². The quantitative estimate of drug-likeness (QED) is 0.743. The Morgan fingerprint density at radius 2 is 1.93 bits per heavy atom. The van der Waals surface area contributed by atoms with E-state index in [1.165, 1.54) is 0 Å². The van der Waals surface area contributed by atoms with E-state index in [9.17, 15) is 0 Å². The first-order valence-corrected chi connectivity index (χ1v) is 8.78. The number of benzene rings is 2. The van der Waals surface area contributed by atoms with E-state index in [-0.39, 0.29) is 0 Å². The van der Waals surface area contributed by atoms with Crippen molar-refractivity contribution in [2.45, 2.75) is 19.6 Å². The van der Waals surface area contributed by atoms with Crippen LogP contribution in [0.4, 0.5) is 5.69 Å². The summed E-state index contributed by atoms with van der Waals surface area (Å²) in [6.07, 6.45) is 1.95. The van der Waals surface area contributed by atoms with Crippen molar-refractivity contribution in [1.29, 1.82) is 0 Å². The number of aromatic nitrogens is 2. The highest BCUT2D eigenvalue weighted by molar-refractivity contribution is 5.68. The van der Waals surface area contributed by atoms with Gasteiger partial charge in [0, 0.05) is 12.1 Å². The van der Waals surface area contributed by atoms with Crippen LogP contribution in [0.3, 0.4) is 0 Å². The fourth-order valence-electron chi connectivity index (χ4n) is 3.71. The molecule has 0 radical (unpaired) electrons. The molecular formula is C21H19N3O3. The predicted octanol–water partition coefficient (Wildman–Crippen LogP) is 4.14. The summed E-state index contributed by atoms with van der Waals surface area (Å²) in [4.78, 5) is 0. The molecule has 0 fully saturated rings. The molecule has 1 aromatic heterocycles. The van der Waals surface area contributed by atoms with Crippen molar-refractivity contribution in [1.82, 2.24) is 9.78 Å². The summed E-state index contributed by atoms with van der Waals surface area (Å²) < 4.78 is 19.6. The zero-order valence-electron chi connectivity index (χ0n) is 15.3. The Morgan fingerprint density at radius 3 is 2.70 bits per heavy atom. The number of anilines is 1. The van der Waals surface area contributed by atoms with Gasteiger partial charge in [-0.25, -0.2) is 4.68 Å². The number of nitrogens with one attached hydrogen (secondary N) is 1. The number of methoxy groups -OCH3 is 1. The highest BCUT2D eigenvalue weighted by atomic mass is 16.5. The number of ether oxygens (including phenoxy) is 3. The number of rotatable bonds is 2. The lowest BCUT2D eigenvalue weighted by Gasteiger charge is -2.31. The molecule has 3 heterocycles. The average molecular weight is 361 g/mol. The van der Waals surface area contributed by atoms with Gasteiger partial charge in [-0.05, 0) is 38.1 Å². The minimum Gasteiger partial charge on any atom is -0.497 e. The number of allylic oxidation sites excluding steroid dienone is 1. The summed E-state index contributed by atoms with van der Waals surface area (Å²) in [6.45, 7) is 3.88. The van der Waals surface area contributed by atoms with Crippen molar-refractivity contribution in [3.8, 4) is 23.1 Å². The molecule has 1 unspecified atom stereocenters. The lowest BCUT2D eigenvalue weighted by Crippen LogP contribution is -2.38. The van der Waals surface area contributed by atoms with Crippen LogP contribution >= 0.6 is 0 Å². The van der Waals surface area contributed by atoms with Crippen molar-refractivity contribution < 1.29 is 14.2 Å². The van der Waals surface area contributed by atoms with Crippen LogP contribution in [0, 0.1) is 6.92 Å². The monoisotopic (exact) mass is 361 g/mol. The van der Waals surface area contributed by atoms with Crippen molar-refractivity contribution in [3.63, 3.8) is 0 Å². The second kappa shape index (κ2) is 5.54. The van der Waals surface area contributed by atoms with Crippen LogP contribution in [0.15, 0.2) is 60.4 Å². The average Bonchev–Trinajstić information content (AvgIpc) is 3.19. The molecule has 2 aromatic carbocycles. The summed E-state index contributed by atoms with van der Waals surface area (Å²) in [7, 11) is 1.65. The molecule has 0 amide bonds. The Morgan fingerprint density at radius 1 is 1.11 bits per heavy atom. The highest BCUT2D eigenvalue weighted by Gasteiger charge is 2.47. The van der Waals surface area contributed by atoms with Gasteiger partial charge in [0.2, 0.25) is 11.6 Å². The van der Waals surface area contributed by atoms with E-state index < -0.39 is 5.72 Å². The molecule has 1 spiro atoms. The predicted molar refractivity (Wildman–Crippen MR) is 102 cm³/mol. The van der Waals surface area contributed by atoms with E-state index in [0.717, 1.165) is 39.9 Å². The van der Waals surface area contributed by atoms with E-state index >= 15 is 0 Å². The van der Waals surface area contributed by atoms with Crippen molar-refractivity contribution in [3.05, 3.63) is 71.6 Å². The Bertz CT molecular complexity index is 1070. The molecule has 136 valence electrons. The lowest BCUT2D eigenvalue weighted by molar-refractivity contribution is 0.153. The van der Waals surface area contributed by atoms with Crippen LogP contribution < -0.4 is 19.5 Å². The van der Waals surface area contributed by atoms with Crippen LogP contribution in [0.25, 0.3) is 5.69 Å². The summed E-state index contributed by atoms with van der Waals surface area (Å²) in [6, 6.07) is 15.7. The van der Waals surface area contributed by atoms with Crippen molar-refractivity contribution >= 4 is 5.69 Å². The van der Waals surface area contributed by atoms with Crippen molar-refractivity contribution in [2.24, 2.45) is 0 Å². The molecule has 0 aliphatic carbocycles. The van der Waals surface area contributed by atoms with Gasteiger partial charge in [-0.1, -0.05) is 18.2 Å². The molecule has 5 rings (SSSR count). The van der Waals surface area contributed by atoms with Gasteiger partial charge in [-0.3, -0.25) is 0 Å². The highest BCUT2D eigenvalue weighted by Crippen LogP contribution is 2.50. The first-order chi connectivity index (χ1) is 13.1. The number of nitrogens with zero attached hydrogens (tertiary/aromatic N) is 2. The second-order valence-corrected chi connectivity index (χ2v) is 6.69. The molecule has 0 bridgehead atoms. The summed E-state index contributed by atoms with van der Waals surface area (Å²) in [5.41, 5.74) is 2.66. The van der Waals surface area contributed by atoms with Crippen LogP contribution in [0.5, 0.6) is 17.4 Å². The minimum atomic E-state index is -0.858. The number of para-hydroxylation sites is 1. The van der Waals surface area contributed by atoms with E-state index in [1.54, 1.807) is 7.11 Å². The third-order valence-corrected chi connectivity index (χ3v) is 4.83. The number of fused-ring (bicyclic) bond motifs is 3. The maximum atomic E-state index is 6.39. The topological polar surface area (TPSA) is 57.5 Å². The second-order valence-electron chi connectivity index (χ2n) is 6.69. The first kappa shape index (κ1) is 15.8. The summed E-state index contributed by atoms with van der Waals surface area (Å²) in [5, 5.41) is 8.23. The molecule has 6 nitrogen and oxygen atoms in total. The minimum absolute atomic E-state index is 0.658. The largest absolute Gasteiger partial charge is 0.497 e. The van der Waals surface area contributed by atoms with E-state index in [4.69, 9.17) is 19.3 Å². The van der Waals surface area contributed by atoms with Crippen LogP contribution in [-0.4, -0.2) is 16.9 Å². The third-order valence-electron chi connectivity index (χ3n) is 4.83. The van der Waals surface area contributed by atoms with Gasteiger partial charge in [0.1, 0.15) is 22.8 Å². The zero-order chi connectivity index (χ0) is 18.6. The Labute approximate surface area is 157 Å². The SMILES string of the molecule is COc1ccc2c(c1)NC1(C=C(C)Oc3c1c(C)nn3-c1ccccc1)O2. The number of aryl methyl sites for hydroxylation is 1. The van der Waals surface area contributed by atoms with Gasteiger partial charge in [0.25, 0.3) is 0 Å². The van der Waals surface area contributed by atoms with E-state index in [0.29, 0.717) is 5.88 Å². The van der Waals surface area contributed by atoms with Gasteiger partial charge < -0.3 is 19.5 Å². The van der Waals surface area contributed by atoms with Crippen LogP contribution in [-0.2, 0) is 5.72 Å². The Kier molecular flexibility index (Phi) is 3.25. The standard InChI is InChI=1S/C21H19N3O3/c1-13-12-21(22-17-11-16(25-3)9-10-18(17)27-21)19-14(2)23-24(20(19)26-13)15-7-5-4-6-8-15/h4-12,22H,1-3H3. The van der Waals surface area contributed by atoms with Crippen molar-refractivity contribution in [2.75, 3.05) is 12.4 Å². The molecule has 3 aromatic rings. The van der Waals surface area contributed by atoms with Gasteiger partial charge in [-0.15, -0.1) is 0 Å². The fourth-order valence-corrected chi connectivity index (χ4v) is 3.71. The lowest BCUT2D eigenvalue weighted by atomic mass is 10.0. The zero-order valence-corrected chi connectivity index (χ0v) is 15.3. The molecule has 0 saturated heterocycles. The summed E-state index contributed by atoms with van der Waals surface area (Å²) in [5.74, 6) is 2.93. The molecule has 6 heteroatoms. The molecule has 1 atom stereocenters. The van der Waals surface area contributed by atoms with Gasteiger partial charge in [-0.2, -0.15) is 5.10 Å². The number of hydrogen-bond acceptors (Lipinski definition) is 5. The van der Waals surface area contributed by atoms with Gasteiger partial charge in [0.15, 0.2) is 0 Å². The van der Waals surface area contributed by atoms with Crippen LogP contribution in [0.1, 0.15) is 18.2 Å². The maximum Gasteiger partial charge on any atom is 0.237 e. The molecule has 1 N–H and O–H groups in total. The third kappa shape index (κ3) is 2.30. The Hall–Kier alpha value is -3.41. The molecule has 27 heavy (non-hydrogen) atoms. The molecule has 0 saturated carbocycles. The van der Waals surface area contributed by atoms with Gasteiger partial charge >= 0.3 is 0 Å². The summed E-state index contributed by atoms with van der Waals surface area (Å²) >= 11 is 0. The maximum absolute atomic E-state index is 6.39. The number of hydrogen-bond donors (Lipinski definition) is 1. The van der Waals surface area contributed by atoms with Gasteiger partial charge in [0.05, 0.1) is 24.2 Å². The first-order valence-electron chi connectivity index (χ1n) is 8.78. The van der Waals surface area contributed by atoms with E-state index in [2.05, 4.69) is 5.32 Å². The normalized spacial score (nSPS) is 19.4.